The Balaban J connectivity index is 1.72. The number of likely N-dealkylation sites (N-methyl/N-ethyl adjacent to an activating group) is 1. The van der Waals surface area contributed by atoms with Gasteiger partial charge in [-0.25, -0.2) is 9.79 Å². The molecular weight excluding hydrogens is 378 g/mol. The maximum Gasteiger partial charge on any atom is 0.328 e. The molecule has 0 radical (unpaired) electrons. The molecule has 148 valence electrons. The lowest BCUT2D eigenvalue weighted by molar-refractivity contribution is -0.137. The molecular formula is C20H24ClN5O2. The van der Waals surface area contributed by atoms with Crippen molar-refractivity contribution in [2.75, 3.05) is 18.5 Å². The van der Waals surface area contributed by atoms with Crippen molar-refractivity contribution >= 4 is 35.2 Å². The fourth-order valence-corrected chi connectivity index (χ4v) is 4.10. The summed E-state index contributed by atoms with van der Waals surface area (Å²) in [4.78, 5) is 37.4. The van der Waals surface area contributed by atoms with E-state index in [0.717, 1.165) is 16.9 Å². The molecule has 7 nitrogen and oxygen atoms in total. The molecule has 4 rings (SSSR count). The zero-order valence-corrected chi connectivity index (χ0v) is 17.4. The van der Waals surface area contributed by atoms with Crippen molar-refractivity contribution in [2.45, 2.75) is 39.9 Å². The lowest BCUT2D eigenvalue weighted by Gasteiger charge is -2.40. The molecule has 3 amide bonds. The van der Waals surface area contributed by atoms with Gasteiger partial charge in [-0.2, -0.15) is 0 Å². The molecule has 1 aromatic rings. The van der Waals surface area contributed by atoms with Crippen LogP contribution in [0, 0.1) is 12.8 Å². The van der Waals surface area contributed by atoms with Gasteiger partial charge in [-0.15, -0.1) is 0 Å². The van der Waals surface area contributed by atoms with Crippen LogP contribution >= 0.6 is 11.6 Å². The first kappa shape index (κ1) is 18.8. The molecule has 0 aliphatic carbocycles. The fourth-order valence-electron chi connectivity index (χ4n) is 3.93. The lowest BCUT2D eigenvalue weighted by atomic mass is 10.1. The van der Waals surface area contributed by atoms with E-state index in [9.17, 15) is 9.59 Å². The molecule has 2 unspecified atom stereocenters. The number of rotatable bonds is 3. The number of guanidine groups is 1. The van der Waals surface area contributed by atoms with Crippen LogP contribution < -0.4 is 4.90 Å². The number of aliphatic imine (C=N–C) groups is 1. The number of carbonyl (C=O) groups is 2. The number of amides is 3. The Bertz CT molecular complexity index is 925. The second-order valence-electron chi connectivity index (χ2n) is 7.97. The van der Waals surface area contributed by atoms with Gasteiger partial charge in [-0.05, 0) is 37.5 Å². The average Bonchev–Trinajstić information content (AvgIpc) is 3.14. The highest BCUT2D eigenvalue weighted by atomic mass is 35.5. The van der Waals surface area contributed by atoms with Crippen molar-refractivity contribution < 1.29 is 9.59 Å². The van der Waals surface area contributed by atoms with E-state index in [1.807, 2.05) is 61.9 Å². The Morgan fingerprint density at radius 3 is 2.57 bits per heavy atom. The number of hydrogen-bond acceptors (Lipinski definition) is 5. The minimum Gasteiger partial charge on any atom is -0.302 e. The van der Waals surface area contributed by atoms with Crippen LogP contribution in [0.5, 0.6) is 0 Å². The van der Waals surface area contributed by atoms with E-state index < -0.39 is 12.2 Å². The minimum atomic E-state index is -0.544. The SMILES string of the molecule is CC1=CN2C(=NC3C2C(=O)N(CC(C)C)C(=O)N3C)N1c1ccc(C)c(Cl)c1. The Morgan fingerprint density at radius 1 is 1.21 bits per heavy atom. The van der Waals surface area contributed by atoms with Gasteiger partial charge in [-0.1, -0.05) is 31.5 Å². The van der Waals surface area contributed by atoms with Crippen molar-refractivity contribution in [3.05, 3.63) is 40.7 Å². The molecule has 0 N–H and O–H groups in total. The number of nitrogens with zero attached hydrogens (tertiary/aromatic N) is 5. The van der Waals surface area contributed by atoms with Gasteiger partial charge in [0.05, 0.1) is 5.69 Å². The maximum atomic E-state index is 13.2. The van der Waals surface area contributed by atoms with Crippen LogP contribution in [-0.2, 0) is 4.79 Å². The van der Waals surface area contributed by atoms with E-state index in [0.29, 0.717) is 17.5 Å². The van der Waals surface area contributed by atoms with E-state index in [-0.39, 0.29) is 17.9 Å². The number of allylic oxidation sites excluding steroid dienone is 1. The van der Waals surface area contributed by atoms with Crippen LogP contribution in [0.2, 0.25) is 5.02 Å². The number of benzene rings is 1. The van der Waals surface area contributed by atoms with E-state index in [2.05, 4.69) is 0 Å². The molecule has 0 spiro atoms. The summed E-state index contributed by atoms with van der Waals surface area (Å²) >= 11 is 6.32. The smallest absolute Gasteiger partial charge is 0.302 e. The first-order valence-electron chi connectivity index (χ1n) is 9.39. The number of carbonyl (C=O) groups excluding carboxylic acids is 2. The summed E-state index contributed by atoms with van der Waals surface area (Å²) < 4.78 is 0. The summed E-state index contributed by atoms with van der Waals surface area (Å²) in [7, 11) is 1.70. The van der Waals surface area contributed by atoms with E-state index >= 15 is 0 Å². The molecule has 1 fully saturated rings. The maximum absolute atomic E-state index is 13.2. The minimum absolute atomic E-state index is 0.196. The van der Waals surface area contributed by atoms with Crippen LogP contribution in [0.25, 0.3) is 0 Å². The number of fused-ring (bicyclic) bond motifs is 3. The number of hydrogen-bond donors (Lipinski definition) is 0. The van der Waals surface area contributed by atoms with E-state index in [1.54, 1.807) is 11.9 Å². The van der Waals surface area contributed by atoms with Gasteiger partial charge in [0.1, 0.15) is 0 Å². The predicted molar refractivity (Wildman–Crippen MR) is 109 cm³/mol. The summed E-state index contributed by atoms with van der Waals surface area (Å²) in [5, 5.41) is 0.672. The van der Waals surface area contributed by atoms with Gasteiger partial charge < -0.3 is 9.80 Å². The van der Waals surface area contributed by atoms with Crippen molar-refractivity contribution in [1.29, 1.82) is 0 Å². The Kier molecular flexibility index (Phi) is 4.38. The zero-order chi connectivity index (χ0) is 20.3. The quantitative estimate of drug-likeness (QED) is 0.780. The average molecular weight is 402 g/mol. The molecule has 3 aliphatic heterocycles. The second kappa shape index (κ2) is 6.51. The van der Waals surface area contributed by atoms with Gasteiger partial charge in [0, 0.05) is 30.5 Å². The molecule has 3 heterocycles. The number of imide groups is 1. The van der Waals surface area contributed by atoms with Gasteiger partial charge in [0.25, 0.3) is 5.91 Å². The number of halogens is 1. The van der Waals surface area contributed by atoms with Gasteiger partial charge in [0.2, 0.25) is 5.96 Å². The monoisotopic (exact) mass is 401 g/mol. The lowest BCUT2D eigenvalue weighted by Crippen LogP contribution is -2.64. The number of anilines is 1. The number of aryl methyl sites for hydroxylation is 1. The van der Waals surface area contributed by atoms with Crippen LogP contribution in [0.4, 0.5) is 10.5 Å². The van der Waals surface area contributed by atoms with E-state index in [4.69, 9.17) is 16.6 Å². The topological polar surface area (TPSA) is 59.5 Å². The van der Waals surface area contributed by atoms with Gasteiger partial charge in [0.15, 0.2) is 12.2 Å². The third-order valence-electron chi connectivity index (χ3n) is 5.35. The summed E-state index contributed by atoms with van der Waals surface area (Å²) in [5.74, 6) is 0.641. The van der Waals surface area contributed by atoms with Crippen molar-refractivity contribution in [3.63, 3.8) is 0 Å². The second-order valence-corrected chi connectivity index (χ2v) is 8.38. The standard InChI is InChI=1S/C20H24ClN5O2/c1-11(2)9-25-18(27)16-17(23(5)20(25)28)22-19-24(16)10-13(4)26(19)14-7-6-12(3)15(21)8-14/h6-8,10-11,16-17H,9H2,1-5H3. The summed E-state index contributed by atoms with van der Waals surface area (Å²) in [6.45, 7) is 8.30. The summed E-state index contributed by atoms with van der Waals surface area (Å²) in [6, 6.07) is 4.99. The highest BCUT2D eigenvalue weighted by Crippen LogP contribution is 2.37. The molecule has 2 atom stereocenters. The normalized spacial score (nSPS) is 24.1. The van der Waals surface area contributed by atoms with Crippen LogP contribution in [0.15, 0.2) is 35.1 Å². The molecule has 28 heavy (non-hydrogen) atoms. The van der Waals surface area contributed by atoms with Crippen molar-refractivity contribution in [2.24, 2.45) is 10.9 Å². The fraction of sp³-hybridized carbons (Fsp3) is 0.450. The van der Waals surface area contributed by atoms with E-state index in [1.165, 1.54) is 4.90 Å². The van der Waals surface area contributed by atoms with Crippen LogP contribution in [0.3, 0.4) is 0 Å². The van der Waals surface area contributed by atoms with Crippen LogP contribution in [-0.4, -0.2) is 58.4 Å². The first-order chi connectivity index (χ1) is 13.2. The Labute approximate surface area is 169 Å². The van der Waals surface area contributed by atoms with Gasteiger partial charge >= 0.3 is 6.03 Å². The third kappa shape index (κ3) is 2.68. The molecule has 3 aliphatic rings. The van der Waals surface area contributed by atoms with Crippen LogP contribution in [0.1, 0.15) is 26.3 Å². The highest BCUT2D eigenvalue weighted by molar-refractivity contribution is 6.31. The Hall–Kier alpha value is -2.54. The number of urea groups is 1. The molecule has 8 heteroatoms. The third-order valence-corrected chi connectivity index (χ3v) is 5.76. The van der Waals surface area contributed by atoms with Crippen molar-refractivity contribution in [1.82, 2.24) is 14.7 Å². The highest BCUT2D eigenvalue weighted by Gasteiger charge is 2.54. The largest absolute Gasteiger partial charge is 0.328 e. The first-order valence-corrected chi connectivity index (χ1v) is 9.77. The van der Waals surface area contributed by atoms with Crippen molar-refractivity contribution in [3.8, 4) is 0 Å². The molecule has 1 aromatic carbocycles. The molecule has 0 saturated carbocycles. The molecule has 0 aromatic heterocycles. The zero-order valence-electron chi connectivity index (χ0n) is 16.7. The predicted octanol–water partition coefficient (Wildman–Crippen LogP) is 3.25. The summed E-state index contributed by atoms with van der Waals surface area (Å²) in [6.07, 6.45) is 1.39. The molecule has 0 bridgehead atoms. The Morgan fingerprint density at radius 2 is 1.93 bits per heavy atom. The summed E-state index contributed by atoms with van der Waals surface area (Å²) in [5.41, 5.74) is 2.82. The molecule has 1 saturated heterocycles. The van der Waals surface area contributed by atoms with Gasteiger partial charge in [-0.3, -0.25) is 14.6 Å².